The third-order valence-corrected chi connectivity index (χ3v) is 4.70. The van der Waals surface area contributed by atoms with Crippen LogP contribution in [-0.4, -0.2) is 31.6 Å². The van der Waals surface area contributed by atoms with E-state index in [1.54, 1.807) is 31.2 Å². The first-order valence-electron chi connectivity index (χ1n) is 9.56. The SMILES string of the molecule is CCOC(=O)c1ccc(NC(=O)Cc2ccc(N3CCCCC3)cc2)cc1. The fraction of sp³-hybridized carbons (Fsp3) is 0.364. The van der Waals surface area contributed by atoms with Gasteiger partial charge in [0.2, 0.25) is 5.91 Å². The van der Waals surface area contributed by atoms with E-state index in [9.17, 15) is 9.59 Å². The van der Waals surface area contributed by atoms with Crippen LogP contribution in [0.3, 0.4) is 0 Å². The zero-order valence-electron chi connectivity index (χ0n) is 15.7. The molecule has 5 heteroatoms. The summed E-state index contributed by atoms with van der Waals surface area (Å²) in [6, 6.07) is 15.0. The molecular weight excluding hydrogens is 340 g/mol. The molecule has 0 saturated carbocycles. The van der Waals surface area contributed by atoms with Crippen molar-refractivity contribution in [3.05, 3.63) is 59.7 Å². The summed E-state index contributed by atoms with van der Waals surface area (Å²) in [7, 11) is 0. The molecule has 2 aromatic rings. The summed E-state index contributed by atoms with van der Waals surface area (Å²) in [4.78, 5) is 26.3. The van der Waals surface area contributed by atoms with E-state index >= 15 is 0 Å². The monoisotopic (exact) mass is 366 g/mol. The Labute approximate surface area is 160 Å². The van der Waals surface area contributed by atoms with Crippen molar-refractivity contribution in [2.24, 2.45) is 0 Å². The van der Waals surface area contributed by atoms with Crippen LogP contribution in [0, 0.1) is 0 Å². The van der Waals surface area contributed by atoms with E-state index < -0.39 is 0 Å². The van der Waals surface area contributed by atoms with Crippen LogP contribution < -0.4 is 10.2 Å². The minimum Gasteiger partial charge on any atom is -0.462 e. The number of piperidine rings is 1. The molecule has 1 fully saturated rings. The molecule has 1 aliphatic heterocycles. The number of nitrogens with zero attached hydrogens (tertiary/aromatic N) is 1. The summed E-state index contributed by atoms with van der Waals surface area (Å²) < 4.78 is 4.95. The molecule has 0 atom stereocenters. The lowest BCUT2D eigenvalue weighted by Crippen LogP contribution is -2.29. The number of ether oxygens (including phenoxy) is 1. The first-order valence-corrected chi connectivity index (χ1v) is 9.56. The largest absolute Gasteiger partial charge is 0.462 e. The second-order valence-corrected chi connectivity index (χ2v) is 6.74. The van der Waals surface area contributed by atoms with Crippen molar-refractivity contribution in [2.45, 2.75) is 32.6 Å². The molecule has 1 N–H and O–H groups in total. The molecule has 0 unspecified atom stereocenters. The maximum atomic E-state index is 12.3. The van der Waals surface area contributed by atoms with Gasteiger partial charge in [-0.15, -0.1) is 0 Å². The third-order valence-electron chi connectivity index (χ3n) is 4.70. The molecule has 1 aliphatic rings. The van der Waals surface area contributed by atoms with Gasteiger partial charge in [0, 0.05) is 24.5 Å². The summed E-state index contributed by atoms with van der Waals surface area (Å²) >= 11 is 0. The topological polar surface area (TPSA) is 58.6 Å². The number of amides is 1. The van der Waals surface area contributed by atoms with Crippen LogP contribution in [0.1, 0.15) is 42.1 Å². The first kappa shape index (κ1) is 19.0. The predicted molar refractivity (Wildman–Crippen MR) is 107 cm³/mol. The van der Waals surface area contributed by atoms with E-state index in [-0.39, 0.29) is 11.9 Å². The lowest BCUT2D eigenvalue weighted by atomic mass is 10.1. The predicted octanol–water partition coefficient (Wildman–Crippen LogP) is 4.03. The van der Waals surface area contributed by atoms with Crippen LogP contribution in [0.4, 0.5) is 11.4 Å². The van der Waals surface area contributed by atoms with Crippen molar-refractivity contribution >= 4 is 23.3 Å². The van der Waals surface area contributed by atoms with Gasteiger partial charge in [0.1, 0.15) is 0 Å². The van der Waals surface area contributed by atoms with Crippen molar-refractivity contribution in [2.75, 3.05) is 29.9 Å². The number of hydrogen-bond acceptors (Lipinski definition) is 4. The number of benzene rings is 2. The second-order valence-electron chi connectivity index (χ2n) is 6.74. The Morgan fingerprint density at radius 2 is 1.63 bits per heavy atom. The quantitative estimate of drug-likeness (QED) is 0.784. The number of hydrogen-bond donors (Lipinski definition) is 1. The molecule has 0 spiro atoms. The fourth-order valence-electron chi connectivity index (χ4n) is 3.27. The van der Waals surface area contributed by atoms with Crippen molar-refractivity contribution in [1.29, 1.82) is 0 Å². The highest BCUT2D eigenvalue weighted by atomic mass is 16.5. The Morgan fingerprint density at radius 3 is 2.26 bits per heavy atom. The molecule has 5 nitrogen and oxygen atoms in total. The summed E-state index contributed by atoms with van der Waals surface area (Å²) in [5, 5.41) is 2.87. The molecular formula is C22H26N2O3. The molecule has 0 aromatic heterocycles. The molecule has 2 aromatic carbocycles. The first-order chi connectivity index (χ1) is 13.2. The standard InChI is InChI=1S/C22H26N2O3/c1-2-27-22(26)18-8-10-19(11-9-18)23-21(25)16-17-6-12-20(13-7-17)24-14-4-3-5-15-24/h6-13H,2-5,14-16H2,1H3,(H,23,25). The van der Waals surface area contributed by atoms with Gasteiger partial charge in [-0.2, -0.15) is 0 Å². The van der Waals surface area contributed by atoms with Crippen LogP contribution in [0.15, 0.2) is 48.5 Å². The highest BCUT2D eigenvalue weighted by Gasteiger charge is 2.11. The lowest BCUT2D eigenvalue weighted by molar-refractivity contribution is -0.115. The van der Waals surface area contributed by atoms with Gasteiger partial charge < -0.3 is 15.0 Å². The molecule has 0 bridgehead atoms. The number of nitrogens with one attached hydrogen (secondary N) is 1. The van der Waals surface area contributed by atoms with Gasteiger partial charge in [-0.3, -0.25) is 4.79 Å². The second kappa shape index (κ2) is 9.21. The van der Waals surface area contributed by atoms with E-state index in [1.165, 1.54) is 24.9 Å². The summed E-state index contributed by atoms with van der Waals surface area (Å²) in [5.41, 5.74) is 3.35. The highest BCUT2D eigenvalue weighted by Crippen LogP contribution is 2.20. The van der Waals surface area contributed by atoms with E-state index in [0.717, 1.165) is 18.7 Å². The maximum absolute atomic E-state index is 12.3. The molecule has 3 rings (SSSR count). The van der Waals surface area contributed by atoms with Gasteiger partial charge in [-0.05, 0) is 68.1 Å². The normalized spacial score (nSPS) is 13.9. The van der Waals surface area contributed by atoms with Crippen LogP contribution >= 0.6 is 0 Å². The van der Waals surface area contributed by atoms with Gasteiger partial charge in [-0.1, -0.05) is 12.1 Å². The number of anilines is 2. The molecule has 1 heterocycles. The summed E-state index contributed by atoms with van der Waals surface area (Å²) in [5.74, 6) is -0.436. The molecule has 1 saturated heterocycles. The summed E-state index contributed by atoms with van der Waals surface area (Å²) in [6.07, 6.45) is 4.13. The van der Waals surface area contributed by atoms with Gasteiger partial charge >= 0.3 is 5.97 Å². The van der Waals surface area contributed by atoms with Crippen LogP contribution in [-0.2, 0) is 16.0 Å². The minimum absolute atomic E-state index is 0.0791. The van der Waals surface area contributed by atoms with Gasteiger partial charge in [0.25, 0.3) is 0 Å². The molecule has 27 heavy (non-hydrogen) atoms. The number of esters is 1. The lowest BCUT2D eigenvalue weighted by Gasteiger charge is -2.28. The summed E-state index contributed by atoms with van der Waals surface area (Å²) in [6.45, 7) is 4.34. The average Bonchev–Trinajstić information content (AvgIpc) is 2.70. The third kappa shape index (κ3) is 5.33. The zero-order valence-corrected chi connectivity index (χ0v) is 15.7. The molecule has 0 radical (unpaired) electrons. The molecule has 0 aliphatic carbocycles. The number of rotatable bonds is 6. The Hall–Kier alpha value is -2.82. The maximum Gasteiger partial charge on any atom is 0.338 e. The molecule has 142 valence electrons. The smallest absolute Gasteiger partial charge is 0.338 e. The van der Waals surface area contributed by atoms with Crippen molar-refractivity contribution in [1.82, 2.24) is 0 Å². The van der Waals surface area contributed by atoms with E-state index in [4.69, 9.17) is 4.74 Å². The van der Waals surface area contributed by atoms with Gasteiger partial charge in [-0.25, -0.2) is 4.79 Å². The minimum atomic E-state index is -0.357. The Balaban J connectivity index is 1.53. The van der Waals surface area contributed by atoms with Crippen molar-refractivity contribution < 1.29 is 14.3 Å². The zero-order chi connectivity index (χ0) is 19.1. The van der Waals surface area contributed by atoms with Gasteiger partial charge in [0.05, 0.1) is 18.6 Å². The van der Waals surface area contributed by atoms with Crippen molar-refractivity contribution in [3.63, 3.8) is 0 Å². The Bertz CT molecular complexity index is 763. The van der Waals surface area contributed by atoms with E-state index in [0.29, 0.717) is 24.3 Å². The van der Waals surface area contributed by atoms with Crippen LogP contribution in [0.25, 0.3) is 0 Å². The molecule has 1 amide bonds. The van der Waals surface area contributed by atoms with Crippen LogP contribution in [0.5, 0.6) is 0 Å². The highest BCUT2D eigenvalue weighted by molar-refractivity contribution is 5.94. The number of carbonyl (C=O) groups is 2. The fourth-order valence-corrected chi connectivity index (χ4v) is 3.27. The Kier molecular flexibility index (Phi) is 6.47. The number of carbonyl (C=O) groups excluding carboxylic acids is 2. The average molecular weight is 366 g/mol. The van der Waals surface area contributed by atoms with Crippen molar-refractivity contribution in [3.8, 4) is 0 Å². The van der Waals surface area contributed by atoms with E-state index in [2.05, 4.69) is 22.3 Å². The Morgan fingerprint density at radius 1 is 0.963 bits per heavy atom. The van der Waals surface area contributed by atoms with Gasteiger partial charge in [0.15, 0.2) is 0 Å². The van der Waals surface area contributed by atoms with Crippen LogP contribution in [0.2, 0.25) is 0 Å². The van der Waals surface area contributed by atoms with E-state index in [1.807, 2.05) is 12.1 Å².